The van der Waals surface area contributed by atoms with Crippen LogP contribution < -0.4 is 9.47 Å². The molecule has 144 valence electrons. The fourth-order valence-electron chi connectivity index (χ4n) is 2.59. The van der Waals surface area contributed by atoms with Gasteiger partial charge in [0.15, 0.2) is 6.61 Å². The number of carbonyl (C=O) groups excluding carboxylic acids is 1. The van der Waals surface area contributed by atoms with Gasteiger partial charge in [-0.25, -0.2) is 9.18 Å². The van der Waals surface area contributed by atoms with E-state index in [1.807, 2.05) is 25.1 Å². The van der Waals surface area contributed by atoms with Gasteiger partial charge in [-0.15, -0.1) is 0 Å². The van der Waals surface area contributed by atoms with Crippen LogP contribution in [0.2, 0.25) is 0 Å². The lowest BCUT2D eigenvalue weighted by Crippen LogP contribution is -2.17. The van der Waals surface area contributed by atoms with Gasteiger partial charge < -0.3 is 9.47 Å². The van der Waals surface area contributed by atoms with Gasteiger partial charge in [0.05, 0.1) is 11.6 Å². The van der Waals surface area contributed by atoms with E-state index >= 15 is 0 Å². The smallest absolute Gasteiger partial charge is 0.349 e. The minimum absolute atomic E-state index is 0.208. The van der Waals surface area contributed by atoms with Crippen molar-refractivity contribution < 1.29 is 18.7 Å². The minimum Gasteiger partial charge on any atom is -0.482 e. The molecule has 0 atom stereocenters. The molecular weight excluding hydrogens is 369 g/mol. The molecule has 4 nitrogen and oxygen atoms in total. The van der Waals surface area contributed by atoms with Crippen LogP contribution in [-0.2, 0) is 4.79 Å². The van der Waals surface area contributed by atoms with Crippen LogP contribution in [0.4, 0.5) is 4.39 Å². The van der Waals surface area contributed by atoms with Gasteiger partial charge in [-0.3, -0.25) is 0 Å². The predicted molar refractivity (Wildman–Crippen MR) is 109 cm³/mol. The van der Waals surface area contributed by atoms with Crippen molar-refractivity contribution in [1.82, 2.24) is 0 Å². The van der Waals surface area contributed by atoms with E-state index in [1.165, 1.54) is 6.07 Å². The lowest BCUT2D eigenvalue weighted by Gasteiger charge is -2.07. The molecule has 0 N–H and O–H groups in total. The van der Waals surface area contributed by atoms with Crippen LogP contribution in [0.1, 0.15) is 16.7 Å². The van der Waals surface area contributed by atoms with E-state index in [-0.39, 0.29) is 17.7 Å². The van der Waals surface area contributed by atoms with Gasteiger partial charge in [0.2, 0.25) is 0 Å². The number of allylic oxidation sites excluding steroid dienone is 1. The second-order valence-electron chi connectivity index (χ2n) is 6.29. The van der Waals surface area contributed by atoms with Crippen molar-refractivity contribution in [2.75, 3.05) is 6.61 Å². The van der Waals surface area contributed by atoms with E-state index in [0.717, 1.165) is 5.56 Å². The summed E-state index contributed by atoms with van der Waals surface area (Å²) in [6.07, 6.45) is 1.57. The molecule has 0 saturated carbocycles. The Morgan fingerprint density at radius 2 is 1.66 bits per heavy atom. The Morgan fingerprint density at radius 1 is 1.00 bits per heavy atom. The van der Waals surface area contributed by atoms with E-state index in [4.69, 9.17) is 9.47 Å². The molecule has 0 spiro atoms. The normalized spacial score (nSPS) is 10.9. The third-order valence-electron chi connectivity index (χ3n) is 4.08. The van der Waals surface area contributed by atoms with Crippen molar-refractivity contribution in [2.24, 2.45) is 0 Å². The molecule has 3 aromatic rings. The predicted octanol–water partition coefficient (Wildman–Crippen LogP) is 5.18. The molecule has 0 aliphatic rings. The number of ether oxygens (including phenoxy) is 2. The van der Waals surface area contributed by atoms with Crippen molar-refractivity contribution in [1.29, 1.82) is 5.26 Å². The van der Waals surface area contributed by atoms with Crippen LogP contribution in [0, 0.1) is 24.1 Å². The number of nitrogens with zero attached hydrogens (tertiary/aromatic N) is 1. The molecule has 0 bridgehead atoms. The van der Waals surface area contributed by atoms with Crippen LogP contribution in [-0.4, -0.2) is 12.6 Å². The highest BCUT2D eigenvalue weighted by molar-refractivity contribution is 5.89. The molecule has 0 heterocycles. The molecule has 0 radical (unpaired) electrons. The second-order valence-corrected chi connectivity index (χ2v) is 6.29. The molecule has 5 heteroatoms. The number of hydrogen-bond donors (Lipinski definition) is 0. The van der Waals surface area contributed by atoms with Crippen LogP contribution in [0.15, 0.2) is 72.8 Å². The Hall–Kier alpha value is -3.91. The van der Waals surface area contributed by atoms with E-state index in [9.17, 15) is 14.4 Å². The first kappa shape index (κ1) is 19.8. The molecule has 0 amide bonds. The Morgan fingerprint density at radius 3 is 2.31 bits per heavy atom. The fourth-order valence-corrected chi connectivity index (χ4v) is 2.59. The van der Waals surface area contributed by atoms with Crippen LogP contribution in [0.5, 0.6) is 11.5 Å². The van der Waals surface area contributed by atoms with E-state index in [1.54, 1.807) is 60.7 Å². The molecule has 29 heavy (non-hydrogen) atoms. The Labute approximate surface area is 168 Å². The van der Waals surface area contributed by atoms with Gasteiger partial charge in [0.1, 0.15) is 17.3 Å². The van der Waals surface area contributed by atoms with Crippen molar-refractivity contribution in [3.05, 3.63) is 95.3 Å². The molecule has 0 aromatic heterocycles. The van der Waals surface area contributed by atoms with Gasteiger partial charge in [-0.05, 0) is 48.9 Å². The molecule has 3 rings (SSSR count). The number of halogens is 1. The average Bonchev–Trinajstić information content (AvgIpc) is 2.73. The van der Waals surface area contributed by atoms with Crippen molar-refractivity contribution >= 4 is 17.6 Å². The SMILES string of the molecule is Cc1ccc(OCC(=O)Oc2ccc(/C=C(/C#N)c3ccccc3F)cc2)cc1. The summed E-state index contributed by atoms with van der Waals surface area (Å²) in [5.74, 6) is -0.0494. The average molecular weight is 387 g/mol. The summed E-state index contributed by atoms with van der Waals surface area (Å²) in [7, 11) is 0. The number of hydrogen-bond acceptors (Lipinski definition) is 4. The number of rotatable bonds is 6. The zero-order valence-corrected chi connectivity index (χ0v) is 15.8. The Balaban J connectivity index is 1.62. The van der Waals surface area contributed by atoms with Gasteiger partial charge >= 0.3 is 5.97 Å². The summed E-state index contributed by atoms with van der Waals surface area (Å²) in [6, 6.07) is 22.0. The summed E-state index contributed by atoms with van der Waals surface area (Å²) >= 11 is 0. The minimum atomic E-state index is -0.530. The van der Waals surface area contributed by atoms with Crippen LogP contribution >= 0.6 is 0 Å². The van der Waals surface area contributed by atoms with Crippen LogP contribution in [0.3, 0.4) is 0 Å². The lowest BCUT2D eigenvalue weighted by atomic mass is 10.0. The van der Waals surface area contributed by atoms with Gasteiger partial charge in [0, 0.05) is 5.56 Å². The Bertz CT molecular complexity index is 1060. The highest BCUT2D eigenvalue weighted by Crippen LogP contribution is 2.22. The number of carbonyl (C=O) groups is 1. The maximum atomic E-state index is 13.9. The number of nitriles is 1. The molecule has 0 unspecified atom stereocenters. The molecule has 0 fully saturated rings. The summed E-state index contributed by atoms with van der Waals surface area (Å²) in [6.45, 7) is 1.75. The van der Waals surface area contributed by atoms with Crippen molar-refractivity contribution in [2.45, 2.75) is 6.92 Å². The topological polar surface area (TPSA) is 59.3 Å². The van der Waals surface area contributed by atoms with E-state index in [0.29, 0.717) is 17.1 Å². The fraction of sp³-hybridized carbons (Fsp3) is 0.0833. The third kappa shape index (κ3) is 5.53. The summed E-state index contributed by atoms with van der Waals surface area (Å²) in [4.78, 5) is 11.9. The van der Waals surface area contributed by atoms with Gasteiger partial charge in [-0.1, -0.05) is 48.0 Å². The first-order chi connectivity index (χ1) is 14.0. The summed E-state index contributed by atoms with van der Waals surface area (Å²) in [5, 5.41) is 9.34. The zero-order valence-electron chi connectivity index (χ0n) is 15.8. The first-order valence-corrected chi connectivity index (χ1v) is 8.92. The molecular formula is C24H18FNO3. The van der Waals surface area contributed by atoms with Gasteiger partial charge in [-0.2, -0.15) is 5.26 Å². The van der Waals surface area contributed by atoms with Crippen molar-refractivity contribution in [3.63, 3.8) is 0 Å². The number of aryl methyl sites for hydroxylation is 1. The largest absolute Gasteiger partial charge is 0.482 e. The van der Waals surface area contributed by atoms with Crippen molar-refractivity contribution in [3.8, 4) is 17.6 Å². The molecule has 0 aliphatic heterocycles. The second kappa shape index (κ2) is 9.34. The molecule has 3 aromatic carbocycles. The third-order valence-corrected chi connectivity index (χ3v) is 4.08. The lowest BCUT2D eigenvalue weighted by molar-refractivity contribution is -0.136. The number of esters is 1. The monoisotopic (exact) mass is 387 g/mol. The van der Waals surface area contributed by atoms with E-state index < -0.39 is 11.8 Å². The quantitative estimate of drug-likeness (QED) is 0.253. The highest BCUT2D eigenvalue weighted by atomic mass is 19.1. The summed E-state index contributed by atoms with van der Waals surface area (Å²) < 4.78 is 24.5. The summed E-state index contributed by atoms with van der Waals surface area (Å²) in [5.41, 5.74) is 2.22. The standard InChI is InChI=1S/C24H18FNO3/c1-17-6-10-20(11-7-17)28-16-24(27)29-21-12-8-18(9-13-21)14-19(15-26)22-4-2-3-5-23(22)25/h2-14H,16H2,1H3/b19-14-. The van der Waals surface area contributed by atoms with Gasteiger partial charge in [0.25, 0.3) is 0 Å². The van der Waals surface area contributed by atoms with E-state index in [2.05, 4.69) is 0 Å². The maximum Gasteiger partial charge on any atom is 0.349 e. The number of benzene rings is 3. The highest BCUT2D eigenvalue weighted by Gasteiger charge is 2.08. The Kier molecular flexibility index (Phi) is 6.39. The zero-order chi connectivity index (χ0) is 20.6. The maximum absolute atomic E-state index is 13.9. The van der Waals surface area contributed by atoms with Crippen LogP contribution in [0.25, 0.3) is 11.6 Å². The first-order valence-electron chi connectivity index (χ1n) is 8.92. The molecule has 0 saturated heterocycles. The molecule has 0 aliphatic carbocycles.